The van der Waals surface area contributed by atoms with Crippen LogP contribution in [0.3, 0.4) is 0 Å². The SMILES string of the molecule is COc1ccc(-c2cc(C(=O)N(C)C3CCN(c4cnccn4)CC3)[nH]n2)cc1. The fourth-order valence-corrected chi connectivity index (χ4v) is 3.63. The Morgan fingerprint density at radius 3 is 2.62 bits per heavy atom. The molecule has 0 aliphatic carbocycles. The highest BCUT2D eigenvalue weighted by Gasteiger charge is 2.27. The third-order valence-electron chi connectivity index (χ3n) is 5.40. The van der Waals surface area contributed by atoms with E-state index in [0.29, 0.717) is 5.69 Å². The summed E-state index contributed by atoms with van der Waals surface area (Å²) in [6, 6.07) is 9.59. The number of carbonyl (C=O) groups excluding carboxylic acids is 1. The zero-order chi connectivity index (χ0) is 20.2. The smallest absolute Gasteiger partial charge is 0.271 e. The van der Waals surface area contributed by atoms with Crippen LogP contribution in [0.25, 0.3) is 11.3 Å². The molecule has 0 radical (unpaired) electrons. The van der Waals surface area contributed by atoms with Crippen LogP contribution in [-0.4, -0.2) is 64.3 Å². The molecule has 0 saturated carbocycles. The zero-order valence-electron chi connectivity index (χ0n) is 16.6. The molecule has 2 aromatic heterocycles. The van der Waals surface area contributed by atoms with Crippen LogP contribution in [0.4, 0.5) is 5.82 Å². The first-order valence-electron chi connectivity index (χ1n) is 9.63. The highest BCUT2D eigenvalue weighted by molar-refractivity contribution is 5.93. The fourth-order valence-electron chi connectivity index (χ4n) is 3.63. The van der Waals surface area contributed by atoms with Gasteiger partial charge >= 0.3 is 0 Å². The maximum atomic E-state index is 12.9. The Balaban J connectivity index is 1.39. The predicted octanol–water partition coefficient (Wildman–Crippen LogP) is 2.62. The zero-order valence-corrected chi connectivity index (χ0v) is 16.6. The van der Waals surface area contributed by atoms with Crippen molar-refractivity contribution in [2.45, 2.75) is 18.9 Å². The van der Waals surface area contributed by atoms with Crippen molar-refractivity contribution in [3.05, 3.63) is 54.6 Å². The third-order valence-corrected chi connectivity index (χ3v) is 5.40. The Hall–Kier alpha value is -3.42. The average molecular weight is 392 g/mol. The van der Waals surface area contributed by atoms with Gasteiger partial charge in [0.1, 0.15) is 17.3 Å². The van der Waals surface area contributed by atoms with Crippen molar-refractivity contribution in [3.8, 4) is 17.0 Å². The van der Waals surface area contributed by atoms with Crippen LogP contribution in [-0.2, 0) is 0 Å². The maximum Gasteiger partial charge on any atom is 0.271 e. The van der Waals surface area contributed by atoms with Crippen molar-refractivity contribution in [1.29, 1.82) is 0 Å². The molecule has 150 valence electrons. The number of anilines is 1. The van der Waals surface area contributed by atoms with Crippen LogP contribution in [0, 0.1) is 0 Å². The lowest BCUT2D eigenvalue weighted by Gasteiger charge is -2.36. The fraction of sp³-hybridized carbons (Fsp3) is 0.333. The van der Waals surface area contributed by atoms with E-state index in [2.05, 4.69) is 25.1 Å². The lowest BCUT2D eigenvalue weighted by atomic mass is 10.0. The van der Waals surface area contributed by atoms with Gasteiger partial charge in [0.15, 0.2) is 0 Å². The normalized spacial score (nSPS) is 14.6. The predicted molar refractivity (Wildman–Crippen MR) is 110 cm³/mol. The molecule has 0 unspecified atom stereocenters. The van der Waals surface area contributed by atoms with Gasteiger partial charge in [0.25, 0.3) is 5.91 Å². The Kier molecular flexibility index (Phi) is 5.41. The number of benzene rings is 1. The molecule has 1 aliphatic heterocycles. The van der Waals surface area contributed by atoms with Crippen LogP contribution in [0.1, 0.15) is 23.3 Å². The molecule has 0 atom stereocenters. The maximum absolute atomic E-state index is 12.9. The van der Waals surface area contributed by atoms with Gasteiger partial charge < -0.3 is 14.5 Å². The highest BCUT2D eigenvalue weighted by atomic mass is 16.5. The number of carbonyl (C=O) groups is 1. The van der Waals surface area contributed by atoms with Gasteiger partial charge in [-0.15, -0.1) is 0 Å². The van der Waals surface area contributed by atoms with Crippen LogP contribution < -0.4 is 9.64 Å². The number of hydrogen-bond donors (Lipinski definition) is 1. The summed E-state index contributed by atoms with van der Waals surface area (Å²) in [5, 5.41) is 7.19. The van der Waals surface area contributed by atoms with Crippen LogP contribution in [0.5, 0.6) is 5.75 Å². The number of methoxy groups -OCH3 is 1. The number of aromatic nitrogens is 4. The molecule has 0 spiro atoms. The summed E-state index contributed by atoms with van der Waals surface area (Å²) in [4.78, 5) is 25.5. The number of ether oxygens (including phenoxy) is 1. The van der Waals surface area contributed by atoms with Crippen molar-refractivity contribution in [2.24, 2.45) is 0 Å². The quantitative estimate of drug-likeness (QED) is 0.718. The molecule has 1 aromatic carbocycles. The van der Waals surface area contributed by atoms with Crippen molar-refractivity contribution >= 4 is 11.7 Å². The molecule has 3 aromatic rings. The minimum absolute atomic E-state index is 0.0461. The number of H-pyrrole nitrogens is 1. The van der Waals surface area contributed by atoms with Gasteiger partial charge in [0.2, 0.25) is 0 Å². The molecule has 1 amide bonds. The van der Waals surface area contributed by atoms with Gasteiger partial charge in [-0.25, -0.2) is 4.98 Å². The lowest BCUT2D eigenvalue weighted by Crippen LogP contribution is -2.46. The van der Waals surface area contributed by atoms with Gasteiger partial charge in [0, 0.05) is 44.1 Å². The van der Waals surface area contributed by atoms with Gasteiger partial charge in [-0.1, -0.05) is 0 Å². The van der Waals surface area contributed by atoms with E-state index >= 15 is 0 Å². The van der Waals surface area contributed by atoms with E-state index in [4.69, 9.17) is 4.74 Å². The number of piperidine rings is 1. The van der Waals surface area contributed by atoms with E-state index in [1.54, 1.807) is 31.8 Å². The summed E-state index contributed by atoms with van der Waals surface area (Å²) in [6.07, 6.45) is 6.93. The highest BCUT2D eigenvalue weighted by Crippen LogP contribution is 2.23. The molecule has 8 nitrogen and oxygen atoms in total. The van der Waals surface area contributed by atoms with E-state index in [-0.39, 0.29) is 11.9 Å². The van der Waals surface area contributed by atoms with Crippen molar-refractivity contribution in [3.63, 3.8) is 0 Å². The minimum Gasteiger partial charge on any atom is -0.497 e. The number of nitrogens with zero attached hydrogens (tertiary/aromatic N) is 5. The topological polar surface area (TPSA) is 87.2 Å². The second kappa shape index (κ2) is 8.30. The van der Waals surface area contributed by atoms with Crippen LogP contribution in [0.2, 0.25) is 0 Å². The van der Waals surface area contributed by atoms with Crippen LogP contribution in [0.15, 0.2) is 48.9 Å². The molecule has 3 heterocycles. The first-order chi connectivity index (χ1) is 14.2. The average Bonchev–Trinajstić information content (AvgIpc) is 3.29. The van der Waals surface area contributed by atoms with E-state index in [1.165, 1.54) is 0 Å². The standard InChI is InChI=1S/C21H24N6O2/c1-26(16-7-11-27(12-8-16)20-14-22-9-10-23-20)21(28)19-13-18(24-25-19)15-3-5-17(29-2)6-4-15/h3-6,9-10,13-14,16H,7-8,11-12H2,1-2H3,(H,24,25). The van der Waals surface area contributed by atoms with Crippen molar-refractivity contribution in [1.82, 2.24) is 25.1 Å². The largest absolute Gasteiger partial charge is 0.497 e. The molecule has 0 bridgehead atoms. The molecule has 1 aliphatic rings. The van der Waals surface area contributed by atoms with E-state index in [1.807, 2.05) is 36.2 Å². The van der Waals surface area contributed by atoms with Gasteiger partial charge in [0.05, 0.1) is 19.0 Å². The summed E-state index contributed by atoms with van der Waals surface area (Å²) in [7, 11) is 3.49. The number of rotatable bonds is 5. The summed E-state index contributed by atoms with van der Waals surface area (Å²) in [5.74, 6) is 1.63. The van der Waals surface area contributed by atoms with Gasteiger partial charge in [-0.05, 0) is 43.2 Å². The van der Waals surface area contributed by atoms with E-state index in [9.17, 15) is 4.79 Å². The summed E-state index contributed by atoms with van der Waals surface area (Å²) in [5.41, 5.74) is 2.16. The molecule has 4 rings (SSSR count). The summed E-state index contributed by atoms with van der Waals surface area (Å²) >= 11 is 0. The molecular formula is C21H24N6O2. The first-order valence-corrected chi connectivity index (χ1v) is 9.63. The third kappa shape index (κ3) is 4.06. The summed E-state index contributed by atoms with van der Waals surface area (Å²) in [6.45, 7) is 1.70. The molecule has 1 N–H and O–H groups in total. The van der Waals surface area contributed by atoms with Crippen molar-refractivity contribution in [2.75, 3.05) is 32.1 Å². The van der Waals surface area contributed by atoms with E-state index in [0.717, 1.165) is 48.8 Å². The van der Waals surface area contributed by atoms with Crippen molar-refractivity contribution < 1.29 is 9.53 Å². The second-order valence-corrected chi connectivity index (χ2v) is 7.09. The van der Waals surface area contributed by atoms with Gasteiger partial charge in [-0.3, -0.25) is 14.9 Å². The molecular weight excluding hydrogens is 368 g/mol. The number of nitrogens with one attached hydrogen (secondary N) is 1. The lowest BCUT2D eigenvalue weighted by molar-refractivity contribution is 0.0703. The molecule has 8 heteroatoms. The Labute approximate surface area is 169 Å². The second-order valence-electron chi connectivity index (χ2n) is 7.09. The first kappa shape index (κ1) is 18.9. The summed E-state index contributed by atoms with van der Waals surface area (Å²) < 4.78 is 5.18. The van der Waals surface area contributed by atoms with Crippen LogP contribution >= 0.6 is 0 Å². The molecule has 1 fully saturated rings. The monoisotopic (exact) mass is 392 g/mol. The van der Waals surface area contributed by atoms with E-state index < -0.39 is 0 Å². The number of amides is 1. The Bertz CT molecular complexity index is 949. The Morgan fingerprint density at radius 1 is 1.21 bits per heavy atom. The molecule has 29 heavy (non-hydrogen) atoms. The minimum atomic E-state index is -0.0461. The Morgan fingerprint density at radius 2 is 1.97 bits per heavy atom. The number of hydrogen-bond acceptors (Lipinski definition) is 6. The van der Waals surface area contributed by atoms with Gasteiger partial charge in [-0.2, -0.15) is 5.10 Å². The number of aromatic amines is 1. The molecule has 1 saturated heterocycles.